The van der Waals surface area contributed by atoms with Crippen LogP contribution in [-0.4, -0.2) is 19.8 Å². The summed E-state index contributed by atoms with van der Waals surface area (Å²) >= 11 is 12.5. The number of amides is 1. The van der Waals surface area contributed by atoms with Crippen molar-refractivity contribution < 1.29 is 9.59 Å². The third-order valence-electron chi connectivity index (χ3n) is 2.62. The highest BCUT2D eigenvalue weighted by molar-refractivity contribution is 9.25. The van der Waals surface area contributed by atoms with Crippen LogP contribution in [0.15, 0.2) is 0 Å². The zero-order valence-electron chi connectivity index (χ0n) is 8.23. The molecule has 86 valence electrons. The summed E-state index contributed by atoms with van der Waals surface area (Å²) in [5, 5.41) is 0. The molecule has 6 heteroatoms. The lowest BCUT2D eigenvalue weighted by atomic mass is 10.1. The van der Waals surface area contributed by atoms with Gasteiger partial charge in [0.15, 0.2) is 4.87 Å². The highest BCUT2D eigenvalue weighted by atomic mass is 79.9. The largest absolute Gasteiger partial charge is 0.368 e. The van der Waals surface area contributed by atoms with E-state index in [4.69, 9.17) is 17.3 Å². The number of hydrogen-bond donors (Lipinski definition) is 1. The van der Waals surface area contributed by atoms with Gasteiger partial charge in [-0.15, -0.1) is 11.6 Å². The predicted molar refractivity (Wildman–Crippen MR) is 66.4 cm³/mol. The molecule has 0 aromatic heterocycles. The van der Waals surface area contributed by atoms with Crippen molar-refractivity contribution in [2.75, 3.05) is 0 Å². The van der Waals surface area contributed by atoms with Gasteiger partial charge in [0.05, 0.1) is 5.92 Å². The molecule has 2 atom stereocenters. The molecule has 0 saturated heterocycles. The number of carbonyl (C=O) groups excluding carboxylic acids is 2. The van der Waals surface area contributed by atoms with Gasteiger partial charge in [-0.2, -0.15) is 0 Å². The van der Waals surface area contributed by atoms with Crippen LogP contribution in [0.2, 0.25) is 0 Å². The molecule has 0 aromatic rings. The zero-order chi connectivity index (χ0) is 11.9. The lowest BCUT2D eigenvalue weighted by Crippen LogP contribution is -2.31. The van der Waals surface area contributed by atoms with Gasteiger partial charge >= 0.3 is 0 Å². The molecule has 1 rings (SSSR count). The minimum absolute atomic E-state index is 0.0283. The lowest BCUT2D eigenvalue weighted by Gasteiger charge is -2.02. The molecule has 0 aliphatic heterocycles. The molecule has 0 radical (unpaired) electrons. The van der Waals surface area contributed by atoms with Gasteiger partial charge in [0, 0.05) is 6.42 Å². The van der Waals surface area contributed by atoms with E-state index in [0.717, 1.165) is 12.8 Å². The molecule has 0 aromatic carbocycles. The molecule has 2 N–H and O–H groups in total. The number of carbonyl (C=O) groups is 2. The first-order valence-electron chi connectivity index (χ1n) is 4.69. The molecule has 1 aliphatic carbocycles. The summed E-state index contributed by atoms with van der Waals surface area (Å²) < 4.78 is -0.870. The first-order valence-corrected chi connectivity index (χ1v) is 6.65. The van der Waals surface area contributed by atoms with Crippen LogP contribution in [0.5, 0.6) is 0 Å². The number of nitrogens with two attached hydrogens (primary N) is 1. The van der Waals surface area contributed by atoms with E-state index < -0.39 is 19.9 Å². The standard InChI is InChI=1S/C9H12Br2ClNO2/c1-2-3-4-5(14)6-8(12,7(13)15)9(6,10)11/h6H,2-4H2,1H3,(H2,13,15). The quantitative estimate of drug-likeness (QED) is 0.764. The van der Waals surface area contributed by atoms with Crippen LogP contribution in [0.3, 0.4) is 0 Å². The van der Waals surface area contributed by atoms with E-state index in [1.54, 1.807) is 0 Å². The Morgan fingerprint density at radius 2 is 2.00 bits per heavy atom. The number of alkyl halides is 3. The Morgan fingerprint density at radius 3 is 2.33 bits per heavy atom. The molecular formula is C9H12Br2ClNO2. The first-order chi connectivity index (χ1) is 6.80. The molecule has 1 amide bonds. The van der Waals surface area contributed by atoms with Crippen LogP contribution < -0.4 is 5.73 Å². The normalized spacial score (nSPS) is 32.4. The van der Waals surface area contributed by atoms with Gasteiger partial charge in [-0.05, 0) is 6.42 Å². The number of primary amides is 1. The van der Waals surface area contributed by atoms with Crippen LogP contribution >= 0.6 is 43.5 Å². The van der Waals surface area contributed by atoms with Crippen molar-refractivity contribution in [2.24, 2.45) is 11.7 Å². The second-order valence-corrected chi connectivity index (χ2v) is 7.86. The third-order valence-corrected chi connectivity index (χ3v) is 5.95. The number of halogens is 3. The van der Waals surface area contributed by atoms with Crippen LogP contribution in [-0.2, 0) is 9.59 Å². The van der Waals surface area contributed by atoms with E-state index in [0.29, 0.717) is 6.42 Å². The van der Waals surface area contributed by atoms with Crippen molar-refractivity contribution in [1.82, 2.24) is 0 Å². The lowest BCUT2D eigenvalue weighted by molar-refractivity contribution is -0.123. The summed E-state index contributed by atoms with van der Waals surface area (Å²) in [5.41, 5.74) is 5.18. The number of ketones is 1. The maximum absolute atomic E-state index is 11.7. The molecule has 15 heavy (non-hydrogen) atoms. The molecule has 2 unspecified atom stereocenters. The van der Waals surface area contributed by atoms with Gasteiger partial charge in [0.2, 0.25) is 5.91 Å². The third kappa shape index (κ3) is 1.98. The molecule has 3 nitrogen and oxygen atoms in total. The smallest absolute Gasteiger partial charge is 0.241 e. The van der Waals surface area contributed by atoms with Crippen molar-refractivity contribution >= 4 is 55.2 Å². The van der Waals surface area contributed by atoms with Gasteiger partial charge in [0.1, 0.15) is 9.02 Å². The average Bonchev–Trinajstić information content (AvgIpc) is 2.59. The summed E-state index contributed by atoms with van der Waals surface area (Å²) in [6.45, 7) is 2.00. The van der Waals surface area contributed by atoms with Crippen LogP contribution in [0.4, 0.5) is 0 Å². The number of rotatable bonds is 5. The maximum atomic E-state index is 11.7. The molecule has 1 saturated carbocycles. The van der Waals surface area contributed by atoms with Crippen LogP contribution in [0, 0.1) is 5.92 Å². The van der Waals surface area contributed by atoms with Crippen molar-refractivity contribution in [3.63, 3.8) is 0 Å². The van der Waals surface area contributed by atoms with Gasteiger partial charge in [-0.1, -0.05) is 45.2 Å². The predicted octanol–water partition coefficient (Wildman–Crippen LogP) is 2.32. The number of hydrogen-bond acceptors (Lipinski definition) is 2. The van der Waals surface area contributed by atoms with Gasteiger partial charge in [0.25, 0.3) is 0 Å². The fourth-order valence-electron chi connectivity index (χ4n) is 1.60. The Balaban J connectivity index is 2.74. The Hall–Kier alpha value is 0.390. The minimum atomic E-state index is -1.32. The molecule has 0 bridgehead atoms. The van der Waals surface area contributed by atoms with Crippen LogP contribution in [0.25, 0.3) is 0 Å². The maximum Gasteiger partial charge on any atom is 0.241 e. The Morgan fingerprint density at radius 1 is 1.47 bits per heavy atom. The Labute approximate surface area is 110 Å². The topological polar surface area (TPSA) is 60.2 Å². The Kier molecular flexibility index (Phi) is 3.89. The van der Waals surface area contributed by atoms with E-state index in [-0.39, 0.29) is 5.78 Å². The van der Waals surface area contributed by atoms with E-state index in [9.17, 15) is 9.59 Å². The second kappa shape index (κ2) is 4.34. The van der Waals surface area contributed by atoms with Gasteiger partial charge in [-0.25, -0.2) is 0 Å². The van der Waals surface area contributed by atoms with Crippen molar-refractivity contribution in [3.05, 3.63) is 0 Å². The van der Waals surface area contributed by atoms with Crippen LogP contribution in [0.1, 0.15) is 26.2 Å². The molecule has 1 fully saturated rings. The number of Topliss-reactive ketones (excluding diaryl/α,β-unsaturated/α-hetero) is 1. The van der Waals surface area contributed by atoms with Crippen molar-refractivity contribution in [1.29, 1.82) is 0 Å². The zero-order valence-corrected chi connectivity index (χ0v) is 12.2. The fourth-order valence-corrected chi connectivity index (χ4v) is 4.02. The molecule has 0 heterocycles. The Bertz CT molecular complexity index is 308. The highest BCUT2D eigenvalue weighted by Gasteiger charge is 2.80. The highest BCUT2D eigenvalue weighted by Crippen LogP contribution is 2.69. The monoisotopic (exact) mass is 359 g/mol. The summed E-state index contributed by atoms with van der Waals surface area (Å²) in [6.07, 6.45) is 2.17. The van der Waals surface area contributed by atoms with E-state index in [2.05, 4.69) is 31.9 Å². The number of unbranched alkanes of at least 4 members (excludes halogenated alkanes) is 1. The summed E-state index contributed by atoms with van der Waals surface area (Å²) in [6, 6.07) is 0. The van der Waals surface area contributed by atoms with E-state index >= 15 is 0 Å². The van der Waals surface area contributed by atoms with Gasteiger partial charge in [-0.3, -0.25) is 9.59 Å². The summed E-state index contributed by atoms with van der Waals surface area (Å²) in [5.74, 6) is -1.28. The fraction of sp³-hybridized carbons (Fsp3) is 0.778. The van der Waals surface area contributed by atoms with Crippen molar-refractivity contribution in [3.8, 4) is 0 Å². The van der Waals surface area contributed by atoms with E-state index in [1.807, 2.05) is 6.92 Å². The molecule has 1 aliphatic rings. The SMILES string of the molecule is CCCCC(=O)C1C(Br)(Br)C1(Cl)C(N)=O. The summed E-state index contributed by atoms with van der Waals surface area (Å²) in [4.78, 5) is 21.6. The molecule has 0 spiro atoms. The van der Waals surface area contributed by atoms with Crippen molar-refractivity contribution in [2.45, 2.75) is 34.3 Å². The molecular weight excluding hydrogens is 349 g/mol. The average molecular weight is 361 g/mol. The first kappa shape index (κ1) is 13.5. The summed E-state index contributed by atoms with van der Waals surface area (Å²) in [7, 11) is 0. The van der Waals surface area contributed by atoms with Gasteiger partial charge < -0.3 is 5.73 Å². The second-order valence-electron chi connectivity index (χ2n) is 3.70. The minimum Gasteiger partial charge on any atom is -0.368 e. The van der Waals surface area contributed by atoms with E-state index in [1.165, 1.54) is 0 Å².